The van der Waals surface area contributed by atoms with Crippen LogP contribution < -0.4 is 0 Å². The van der Waals surface area contributed by atoms with Gasteiger partial charge in [-0.05, 0) is 12.8 Å². The fourth-order valence-corrected chi connectivity index (χ4v) is 2.27. The molecule has 1 fully saturated rings. The van der Waals surface area contributed by atoms with Crippen LogP contribution in [0.1, 0.15) is 12.8 Å². The van der Waals surface area contributed by atoms with Crippen molar-refractivity contribution >= 4 is 15.9 Å². The lowest BCUT2D eigenvalue weighted by molar-refractivity contribution is -0.0354. The molecule has 0 atom stereocenters. The molecule has 0 spiro atoms. The molecule has 0 N–H and O–H groups in total. The van der Waals surface area contributed by atoms with Crippen LogP contribution in [0.3, 0.4) is 0 Å². The summed E-state index contributed by atoms with van der Waals surface area (Å²) in [5.41, 5.74) is 0.284. The third kappa shape index (κ3) is 3.85. The number of rotatable bonds is 6. The lowest BCUT2D eigenvalue weighted by Crippen LogP contribution is -2.35. The predicted molar refractivity (Wildman–Crippen MR) is 59.0 cm³/mol. The topological polar surface area (TPSA) is 27.7 Å². The van der Waals surface area contributed by atoms with Crippen molar-refractivity contribution in [3.05, 3.63) is 0 Å². The molecule has 1 heterocycles. The van der Waals surface area contributed by atoms with E-state index in [4.69, 9.17) is 14.2 Å². The molecule has 4 heteroatoms. The molecule has 0 radical (unpaired) electrons. The first-order chi connectivity index (χ1) is 6.83. The minimum atomic E-state index is 0.284. The zero-order valence-electron chi connectivity index (χ0n) is 8.76. The normalized spacial score (nSPS) is 21.0. The van der Waals surface area contributed by atoms with Gasteiger partial charge in [-0.2, -0.15) is 0 Å². The van der Waals surface area contributed by atoms with Gasteiger partial charge in [-0.3, -0.25) is 0 Å². The van der Waals surface area contributed by atoms with E-state index in [0.717, 1.165) is 38.0 Å². The highest BCUT2D eigenvalue weighted by molar-refractivity contribution is 9.09. The van der Waals surface area contributed by atoms with Gasteiger partial charge in [0, 0.05) is 31.1 Å². The monoisotopic (exact) mass is 266 g/mol. The average molecular weight is 267 g/mol. The van der Waals surface area contributed by atoms with E-state index < -0.39 is 0 Å². The van der Waals surface area contributed by atoms with Crippen molar-refractivity contribution in [2.24, 2.45) is 5.41 Å². The molecule has 3 nitrogen and oxygen atoms in total. The number of hydrogen-bond acceptors (Lipinski definition) is 3. The smallest absolute Gasteiger partial charge is 0.0700 e. The highest BCUT2D eigenvalue weighted by Crippen LogP contribution is 2.32. The highest BCUT2D eigenvalue weighted by atomic mass is 79.9. The van der Waals surface area contributed by atoms with Crippen LogP contribution in [0, 0.1) is 5.41 Å². The van der Waals surface area contributed by atoms with Gasteiger partial charge in [0.2, 0.25) is 0 Å². The number of hydrogen-bond donors (Lipinski definition) is 0. The third-order valence-corrected chi connectivity index (χ3v) is 3.87. The minimum absolute atomic E-state index is 0.284. The summed E-state index contributed by atoms with van der Waals surface area (Å²) < 4.78 is 15.9. The van der Waals surface area contributed by atoms with E-state index in [9.17, 15) is 0 Å². The van der Waals surface area contributed by atoms with E-state index in [2.05, 4.69) is 15.9 Å². The van der Waals surface area contributed by atoms with Gasteiger partial charge in [0.15, 0.2) is 0 Å². The average Bonchev–Trinajstić information content (AvgIpc) is 2.26. The molecule has 1 aliphatic rings. The second-order valence-corrected chi connectivity index (χ2v) is 4.35. The molecule has 0 aromatic heterocycles. The zero-order valence-corrected chi connectivity index (χ0v) is 10.3. The van der Waals surface area contributed by atoms with E-state index >= 15 is 0 Å². The summed E-state index contributed by atoms with van der Waals surface area (Å²) in [4.78, 5) is 0. The van der Waals surface area contributed by atoms with Crippen LogP contribution in [-0.2, 0) is 14.2 Å². The third-order valence-electron chi connectivity index (χ3n) is 2.68. The molecule has 1 aliphatic heterocycles. The molecule has 1 saturated heterocycles. The highest BCUT2D eigenvalue weighted by Gasteiger charge is 2.31. The van der Waals surface area contributed by atoms with Crippen molar-refractivity contribution in [3.63, 3.8) is 0 Å². The van der Waals surface area contributed by atoms with Crippen LogP contribution >= 0.6 is 15.9 Å². The van der Waals surface area contributed by atoms with Crippen molar-refractivity contribution in [2.75, 3.05) is 45.5 Å². The molecule has 0 aromatic rings. The quantitative estimate of drug-likeness (QED) is 0.543. The lowest BCUT2D eigenvalue weighted by atomic mass is 9.83. The number of halogens is 1. The lowest BCUT2D eigenvalue weighted by Gasteiger charge is -2.35. The molecule has 0 aliphatic carbocycles. The van der Waals surface area contributed by atoms with Gasteiger partial charge in [0.25, 0.3) is 0 Å². The molecule has 0 aromatic carbocycles. The Morgan fingerprint density at radius 1 is 1.29 bits per heavy atom. The van der Waals surface area contributed by atoms with Crippen molar-refractivity contribution in [1.82, 2.24) is 0 Å². The first-order valence-corrected chi connectivity index (χ1v) is 6.15. The maximum Gasteiger partial charge on any atom is 0.0700 e. The van der Waals surface area contributed by atoms with E-state index in [1.165, 1.54) is 0 Å². The molecular weight excluding hydrogens is 248 g/mol. The number of methoxy groups -OCH3 is 1. The van der Waals surface area contributed by atoms with Gasteiger partial charge >= 0.3 is 0 Å². The molecule has 1 rings (SSSR count). The van der Waals surface area contributed by atoms with Gasteiger partial charge in [-0.25, -0.2) is 0 Å². The Labute approximate surface area is 94.2 Å². The maximum absolute atomic E-state index is 5.60. The fraction of sp³-hybridized carbons (Fsp3) is 1.00. The van der Waals surface area contributed by atoms with Gasteiger partial charge in [-0.15, -0.1) is 0 Å². The second kappa shape index (κ2) is 6.77. The van der Waals surface area contributed by atoms with Crippen LogP contribution in [0.15, 0.2) is 0 Å². The molecule has 14 heavy (non-hydrogen) atoms. The summed E-state index contributed by atoms with van der Waals surface area (Å²) in [6.07, 6.45) is 2.18. The Morgan fingerprint density at radius 3 is 2.57 bits per heavy atom. The van der Waals surface area contributed by atoms with Gasteiger partial charge < -0.3 is 14.2 Å². The van der Waals surface area contributed by atoms with E-state index in [1.54, 1.807) is 7.11 Å². The van der Waals surface area contributed by atoms with Gasteiger partial charge in [0.05, 0.1) is 19.8 Å². The Balaban J connectivity index is 2.22. The molecule has 0 unspecified atom stereocenters. The molecule has 84 valence electrons. The van der Waals surface area contributed by atoms with Crippen molar-refractivity contribution in [1.29, 1.82) is 0 Å². The van der Waals surface area contributed by atoms with Crippen molar-refractivity contribution in [3.8, 4) is 0 Å². The number of ether oxygens (including phenoxy) is 3. The van der Waals surface area contributed by atoms with Crippen LogP contribution in [0.25, 0.3) is 0 Å². The largest absolute Gasteiger partial charge is 0.382 e. The Kier molecular flexibility index (Phi) is 6.01. The fourth-order valence-electron chi connectivity index (χ4n) is 1.55. The summed E-state index contributed by atoms with van der Waals surface area (Å²) in [6, 6.07) is 0. The SMILES string of the molecule is COCCOCC1(CBr)CCOCC1. The Morgan fingerprint density at radius 2 is 2.00 bits per heavy atom. The van der Waals surface area contributed by atoms with Crippen LogP contribution in [-0.4, -0.2) is 45.5 Å². The van der Waals surface area contributed by atoms with Crippen LogP contribution in [0.2, 0.25) is 0 Å². The minimum Gasteiger partial charge on any atom is -0.382 e. The summed E-state index contributed by atoms with van der Waals surface area (Å²) >= 11 is 3.57. The van der Waals surface area contributed by atoms with Crippen LogP contribution in [0.5, 0.6) is 0 Å². The van der Waals surface area contributed by atoms with Gasteiger partial charge in [-0.1, -0.05) is 15.9 Å². The molecular formula is C10H19BrO3. The Bertz CT molecular complexity index is 146. The second-order valence-electron chi connectivity index (χ2n) is 3.79. The van der Waals surface area contributed by atoms with Crippen molar-refractivity contribution in [2.45, 2.75) is 12.8 Å². The zero-order chi connectivity index (χ0) is 10.3. The molecule has 0 saturated carbocycles. The first-order valence-electron chi connectivity index (χ1n) is 5.03. The Hall–Kier alpha value is 0.360. The standard InChI is InChI=1S/C10H19BrO3/c1-12-6-7-14-9-10(8-11)2-4-13-5-3-10/h2-9H2,1H3. The number of alkyl halides is 1. The van der Waals surface area contributed by atoms with Gasteiger partial charge in [0.1, 0.15) is 0 Å². The first kappa shape index (κ1) is 12.4. The van der Waals surface area contributed by atoms with E-state index in [1.807, 2.05) is 0 Å². The summed E-state index contributed by atoms with van der Waals surface area (Å²) in [6.45, 7) is 3.89. The molecule has 0 amide bonds. The predicted octanol–water partition coefficient (Wildman–Crippen LogP) is 1.84. The van der Waals surface area contributed by atoms with E-state index in [0.29, 0.717) is 13.2 Å². The maximum atomic E-state index is 5.60. The summed E-state index contributed by atoms with van der Waals surface area (Å²) in [5, 5.41) is 0.996. The summed E-state index contributed by atoms with van der Waals surface area (Å²) in [7, 11) is 1.69. The van der Waals surface area contributed by atoms with E-state index in [-0.39, 0.29) is 5.41 Å². The summed E-state index contributed by atoms with van der Waals surface area (Å²) in [5.74, 6) is 0. The molecule has 0 bridgehead atoms. The van der Waals surface area contributed by atoms with Crippen LogP contribution in [0.4, 0.5) is 0 Å². The van der Waals surface area contributed by atoms with Crippen molar-refractivity contribution < 1.29 is 14.2 Å².